The Morgan fingerprint density at radius 1 is 0.889 bits per heavy atom. The monoisotopic (exact) mass is 286 g/mol. The lowest BCUT2D eigenvalue weighted by molar-refractivity contribution is -0.498. The van der Waals surface area contributed by atoms with E-state index in [1.54, 1.807) is 0 Å². The SMILES string of the molecule is O=[n+]1ccn([O-])c(SSc2c[n+](=O)ccn2[O-])c1. The van der Waals surface area contributed by atoms with Crippen molar-refractivity contribution in [3.63, 3.8) is 0 Å². The van der Waals surface area contributed by atoms with Crippen LogP contribution in [0.4, 0.5) is 0 Å². The van der Waals surface area contributed by atoms with Crippen molar-refractivity contribution in [1.82, 2.24) is 9.46 Å². The molecule has 0 aromatic carbocycles. The molecule has 0 radical (unpaired) electrons. The quantitative estimate of drug-likeness (QED) is 0.605. The molecule has 0 N–H and O–H groups in total. The summed E-state index contributed by atoms with van der Waals surface area (Å²) in [6, 6.07) is 0. The van der Waals surface area contributed by atoms with Gasteiger partial charge in [-0.25, -0.2) is 0 Å². The molecule has 0 unspecified atom stereocenters. The Hall–Kier alpha value is -1.94. The van der Waals surface area contributed by atoms with Crippen LogP contribution in [0, 0.1) is 20.2 Å². The Kier molecular flexibility index (Phi) is 3.58. The molecule has 2 rings (SSSR count). The summed E-state index contributed by atoms with van der Waals surface area (Å²) in [6.07, 6.45) is 6.38. The zero-order valence-electron chi connectivity index (χ0n) is 8.70. The predicted octanol–water partition coefficient (Wildman–Crippen LogP) is 0.610. The van der Waals surface area contributed by atoms with Crippen LogP contribution in [0.15, 0.2) is 47.2 Å². The van der Waals surface area contributed by atoms with Gasteiger partial charge in [0.2, 0.25) is 12.4 Å². The lowest BCUT2D eigenvalue weighted by Gasteiger charge is -2.14. The Morgan fingerprint density at radius 3 is 1.67 bits per heavy atom. The van der Waals surface area contributed by atoms with Crippen LogP contribution in [0.5, 0.6) is 0 Å². The Labute approximate surface area is 108 Å². The minimum Gasteiger partial charge on any atom is -0.805 e. The summed E-state index contributed by atoms with van der Waals surface area (Å²) >= 11 is 0. The average Bonchev–Trinajstić information content (AvgIpc) is 2.34. The van der Waals surface area contributed by atoms with Crippen LogP contribution in [0.2, 0.25) is 0 Å². The van der Waals surface area contributed by atoms with Crippen molar-refractivity contribution in [2.75, 3.05) is 0 Å². The molecule has 10 heteroatoms. The minimum absolute atomic E-state index is 0.110. The van der Waals surface area contributed by atoms with Gasteiger partial charge in [-0.2, -0.15) is 0 Å². The van der Waals surface area contributed by atoms with E-state index in [4.69, 9.17) is 0 Å². The first-order valence-electron chi connectivity index (χ1n) is 4.55. The van der Waals surface area contributed by atoms with Gasteiger partial charge in [-0.05, 0) is 21.6 Å². The number of rotatable bonds is 3. The molecular formula is C8H6N4O4S2. The van der Waals surface area contributed by atoms with E-state index < -0.39 is 0 Å². The van der Waals surface area contributed by atoms with Crippen molar-refractivity contribution in [1.29, 1.82) is 0 Å². The second-order valence-corrected chi connectivity index (χ2v) is 5.24. The molecule has 0 aliphatic rings. The molecule has 2 heterocycles. The van der Waals surface area contributed by atoms with Gasteiger partial charge in [0.25, 0.3) is 12.4 Å². The highest BCUT2D eigenvalue weighted by Crippen LogP contribution is 2.35. The third-order valence-corrected chi connectivity index (χ3v) is 4.09. The molecule has 0 amide bonds. The molecule has 0 aliphatic carbocycles. The maximum atomic E-state index is 11.3. The van der Waals surface area contributed by atoms with E-state index in [2.05, 4.69) is 0 Å². The maximum Gasteiger partial charge on any atom is 0.258 e. The third-order valence-electron chi connectivity index (χ3n) is 1.82. The Bertz CT molecular complexity index is 624. The summed E-state index contributed by atoms with van der Waals surface area (Å²) in [5.74, 6) is 0. The first-order chi connectivity index (χ1) is 8.56. The van der Waals surface area contributed by atoms with E-state index in [9.17, 15) is 20.2 Å². The van der Waals surface area contributed by atoms with Crippen molar-refractivity contribution >= 4 is 21.6 Å². The molecule has 0 atom stereocenters. The molecule has 94 valence electrons. The molecule has 0 saturated carbocycles. The predicted molar refractivity (Wildman–Crippen MR) is 64.8 cm³/mol. The van der Waals surface area contributed by atoms with E-state index >= 15 is 0 Å². The topological polar surface area (TPSA) is 102 Å². The molecule has 2 aromatic heterocycles. The van der Waals surface area contributed by atoms with Gasteiger partial charge < -0.3 is 19.9 Å². The van der Waals surface area contributed by atoms with Crippen molar-refractivity contribution in [3.8, 4) is 0 Å². The summed E-state index contributed by atoms with van der Waals surface area (Å²) < 4.78 is 1.94. The van der Waals surface area contributed by atoms with Crippen LogP contribution in [0.25, 0.3) is 0 Å². The van der Waals surface area contributed by atoms with Gasteiger partial charge in [0.15, 0.2) is 10.1 Å². The maximum absolute atomic E-state index is 11.3. The van der Waals surface area contributed by atoms with Gasteiger partial charge in [-0.3, -0.25) is 0 Å². The minimum atomic E-state index is 0.110. The largest absolute Gasteiger partial charge is 0.805 e. The smallest absolute Gasteiger partial charge is 0.258 e. The van der Waals surface area contributed by atoms with Crippen LogP contribution in [-0.4, -0.2) is 9.46 Å². The normalized spacial score (nSPS) is 10.4. The van der Waals surface area contributed by atoms with E-state index in [0.29, 0.717) is 18.3 Å². The standard InChI is InChI=1S/C8H6N4O4S2/c13-9-1-3-11(15)7(5-9)17-18-8-6-10(14)2-4-12(8)16/h1-6H. The third kappa shape index (κ3) is 2.84. The molecule has 18 heavy (non-hydrogen) atoms. The summed E-state index contributed by atoms with van der Waals surface area (Å²) in [7, 11) is 1.82. The number of hydrogen-bond donors (Lipinski definition) is 0. The van der Waals surface area contributed by atoms with Crippen molar-refractivity contribution in [2.45, 2.75) is 10.1 Å². The molecule has 2 aromatic rings. The second-order valence-electron chi connectivity index (χ2n) is 3.07. The molecule has 8 nitrogen and oxygen atoms in total. The van der Waals surface area contributed by atoms with E-state index in [1.165, 1.54) is 0 Å². The first-order valence-corrected chi connectivity index (χ1v) is 6.70. The van der Waals surface area contributed by atoms with Crippen LogP contribution in [0.1, 0.15) is 0 Å². The lowest BCUT2D eigenvalue weighted by atomic mass is 10.8. The second kappa shape index (κ2) is 5.14. The molecule has 0 aliphatic heterocycles. The summed E-state index contributed by atoms with van der Waals surface area (Å²) in [5, 5.41) is 22.9. The van der Waals surface area contributed by atoms with Crippen LogP contribution >= 0.6 is 21.6 Å². The number of nitrogens with zero attached hydrogens (tertiary/aromatic N) is 4. The molecule has 0 bridgehead atoms. The summed E-state index contributed by atoms with van der Waals surface area (Å²) in [4.78, 5) is 22.0. The Morgan fingerprint density at radius 2 is 1.28 bits per heavy atom. The fourth-order valence-corrected chi connectivity index (χ4v) is 2.96. The zero-order valence-corrected chi connectivity index (χ0v) is 10.3. The highest BCUT2D eigenvalue weighted by molar-refractivity contribution is 8.76. The van der Waals surface area contributed by atoms with Crippen molar-refractivity contribution in [3.05, 3.63) is 57.4 Å². The van der Waals surface area contributed by atoms with E-state index in [-0.39, 0.29) is 10.1 Å². The molecule has 0 spiro atoms. The van der Waals surface area contributed by atoms with Gasteiger partial charge in [-0.1, -0.05) is 0 Å². The summed E-state index contributed by atoms with van der Waals surface area (Å²) in [5.41, 5.74) is 0. The molecule has 0 saturated heterocycles. The van der Waals surface area contributed by atoms with Crippen molar-refractivity contribution < 1.29 is 8.85 Å². The van der Waals surface area contributed by atoms with Crippen molar-refractivity contribution in [2.24, 2.45) is 0 Å². The first kappa shape index (κ1) is 12.5. The van der Waals surface area contributed by atoms with E-state index in [1.807, 2.05) is 0 Å². The van der Waals surface area contributed by atoms with Gasteiger partial charge in [0.1, 0.15) is 0 Å². The highest BCUT2D eigenvalue weighted by Gasteiger charge is 2.08. The highest BCUT2D eigenvalue weighted by atomic mass is 33.1. The lowest BCUT2D eigenvalue weighted by Crippen LogP contribution is -2.15. The zero-order chi connectivity index (χ0) is 13.1. The summed E-state index contributed by atoms with van der Waals surface area (Å²) in [6.45, 7) is 0. The van der Waals surface area contributed by atoms with Crippen LogP contribution in [-0.2, 0) is 0 Å². The van der Waals surface area contributed by atoms with Gasteiger partial charge >= 0.3 is 0 Å². The van der Waals surface area contributed by atoms with E-state index in [0.717, 1.165) is 58.8 Å². The molecule has 0 fully saturated rings. The number of aromatic nitrogens is 4. The van der Waals surface area contributed by atoms with Gasteiger partial charge in [-0.15, -0.1) is 0 Å². The molecular weight excluding hydrogens is 280 g/mol. The fourth-order valence-electron chi connectivity index (χ4n) is 1.02. The Balaban J connectivity index is 2.21. The number of hydrogen-bond acceptors (Lipinski definition) is 6. The van der Waals surface area contributed by atoms with Gasteiger partial charge in [0.05, 0.1) is 21.2 Å². The van der Waals surface area contributed by atoms with Crippen LogP contribution in [0.3, 0.4) is 0 Å². The van der Waals surface area contributed by atoms with Gasteiger partial charge in [0, 0.05) is 9.81 Å². The fraction of sp³-hybridized carbons (Fsp3) is 0. The van der Waals surface area contributed by atoms with Crippen LogP contribution < -0.4 is 8.85 Å². The average molecular weight is 286 g/mol.